The fraction of sp³-hybridized carbons (Fsp3) is 0.632. The zero-order chi connectivity index (χ0) is 19.1. The highest BCUT2D eigenvalue weighted by Crippen LogP contribution is 2.57. The van der Waals surface area contributed by atoms with E-state index in [0.717, 1.165) is 25.7 Å². The standard InChI is InChI=1S/C19H27FNO4P/c1-3-19(4-2)12-16(26(23,24)25)18(22)21-15(10-7-11-17(19)21)13-8-5-6-9-14(13)20/h5-6,8-9,15-17H,3-4,7,10-12H2,1-2H3,(H2,23,24,25)/t15-,16?,17+/m0/s1. The molecule has 1 aromatic rings. The minimum Gasteiger partial charge on any atom is -0.331 e. The van der Waals surface area contributed by atoms with Crippen molar-refractivity contribution in [2.24, 2.45) is 5.41 Å². The molecule has 0 saturated carbocycles. The lowest BCUT2D eigenvalue weighted by atomic mass is 9.65. The van der Waals surface area contributed by atoms with Crippen molar-refractivity contribution < 1.29 is 23.5 Å². The molecule has 3 atom stereocenters. The highest BCUT2D eigenvalue weighted by atomic mass is 31.2. The van der Waals surface area contributed by atoms with E-state index in [0.29, 0.717) is 12.0 Å². The fourth-order valence-electron chi connectivity index (χ4n) is 5.01. The maximum Gasteiger partial charge on any atom is 0.337 e. The van der Waals surface area contributed by atoms with Gasteiger partial charge in [0.05, 0.1) is 6.04 Å². The number of piperidine rings is 2. The third-order valence-electron chi connectivity index (χ3n) is 6.55. The first-order valence-corrected chi connectivity index (χ1v) is 11.0. The lowest BCUT2D eigenvalue weighted by Gasteiger charge is -2.56. The maximum atomic E-state index is 14.5. The number of nitrogens with zero attached hydrogens (tertiary/aromatic N) is 1. The molecule has 2 saturated heterocycles. The third kappa shape index (κ3) is 3.12. The van der Waals surface area contributed by atoms with Gasteiger partial charge in [-0.3, -0.25) is 9.36 Å². The van der Waals surface area contributed by atoms with E-state index in [2.05, 4.69) is 0 Å². The van der Waals surface area contributed by atoms with Crippen molar-refractivity contribution >= 4 is 13.5 Å². The number of benzene rings is 1. The van der Waals surface area contributed by atoms with Gasteiger partial charge in [0.2, 0.25) is 5.91 Å². The Hall–Kier alpha value is -1.23. The molecule has 2 fully saturated rings. The number of hydrogen-bond acceptors (Lipinski definition) is 2. The number of carbonyl (C=O) groups excluding carboxylic acids is 1. The van der Waals surface area contributed by atoms with Gasteiger partial charge in [0.15, 0.2) is 0 Å². The predicted octanol–water partition coefficient (Wildman–Crippen LogP) is 4.00. The molecular weight excluding hydrogens is 356 g/mol. The molecule has 1 unspecified atom stereocenters. The number of halogens is 1. The van der Waals surface area contributed by atoms with E-state index in [1.165, 1.54) is 6.07 Å². The van der Waals surface area contributed by atoms with Crippen LogP contribution in [0.15, 0.2) is 24.3 Å². The Morgan fingerprint density at radius 3 is 2.46 bits per heavy atom. The van der Waals surface area contributed by atoms with Crippen LogP contribution in [0.4, 0.5) is 4.39 Å². The van der Waals surface area contributed by atoms with Gasteiger partial charge in [-0.15, -0.1) is 0 Å². The van der Waals surface area contributed by atoms with Gasteiger partial charge >= 0.3 is 7.60 Å². The minimum atomic E-state index is -4.58. The van der Waals surface area contributed by atoms with Crippen LogP contribution in [0.1, 0.15) is 64.0 Å². The van der Waals surface area contributed by atoms with Crippen LogP contribution >= 0.6 is 7.60 Å². The van der Waals surface area contributed by atoms with Gasteiger partial charge in [0, 0.05) is 11.6 Å². The smallest absolute Gasteiger partial charge is 0.331 e. The largest absolute Gasteiger partial charge is 0.337 e. The summed E-state index contributed by atoms with van der Waals surface area (Å²) in [5, 5.41) is 0. The summed E-state index contributed by atoms with van der Waals surface area (Å²) in [5.74, 6) is -0.892. The van der Waals surface area contributed by atoms with Gasteiger partial charge in [-0.1, -0.05) is 32.0 Å². The van der Waals surface area contributed by atoms with Crippen molar-refractivity contribution in [3.8, 4) is 0 Å². The predicted molar refractivity (Wildman–Crippen MR) is 97.1 cm³/mol. The van der Waals surface area contributed by atoms with Crippen LogP contribution in [-0.4, -0.2) is 32.3 Å². The van der Waals surface area contributed by atoms with Crippen LogP contribution in [0, 0.1) is 11.2 Å². The molecule has 26 heavy (non-hydrogen) atoms. The van der Waals surface area contributed by atoms with Crippen LogP contribution in [-0.2, 0) is 9.36 Å². The number of fused-ring (bicyclic) bond motifs is 1. The minimum absolute atomic E-state index is 0.105. The molecule has 0 spiro atoms. The van der Waals surface area contributed by atoms with Gasteiger partial charge in [-0.25, -0.2) is 4.39 Å². The first-order chi connectivity index (χ1) is 12.2. The van der Waals surface area contributed by atoms with Crippen LogP contribution in [0.5, 0.6) is 0 Å². The Balaban J connectivity index is 2.11. The Morgan fingerprint density at radius 1 is 1.23 bits per heavy atom. The Morgan fingerprint density at radius 2 is 1.88 bits per heavy atom. The monoisotopic (exact) mass is 383 g/mol. The highest BCUT2D eigenvalue weighted by Gasteiger charge is 2.57. The molecule has 5 nitrogen and oxygen atoms in total. The SMILES string of the molecule is CCC1(CC)CC(P(=O)(O)O)C(=O)N2[C@H](c3ccccc3F)CCC[C@@H]21. The van der Waals surface area contributed by atoms with Gasteiger partial charge < -0.3 is 14.7 Å². The molecule has 7 heteroatoms. The van der Waals surface area contributed by atoms with Crippen molar-refractivity contribution in [3.05, 3.63) is 35.6 Å². The van der Waals surface area contributed by atoms with E-state index < -0.39 is 25.2 Å². The molecular formula is C19H27FNO4P. The third-order valence-corrected chi connectivity index (χ3v) is 7.77. The van der Waals surface area contributed by atoms with Crippen molar-refractivity contribution in [2.45, 2.75) is 70.1 Å². The number of rotatable bonds is 4. The van der Waals surface area contributed by atoms with Crippen LogP contribution < -0.4 is 0 Å². The summed E-state index contributed by atoms with van der Waals surface area (Å²) >= 11 is 0. The van der Waals surface area contributed by atoms with Crippen LogP contribution in [0.3, 0.4) is 0 Å². The molecule has 1 aromatic carbocycles. The zero-order valence-electron chi connectivity index (χ0n) is 15.3. The average Bonchev–Trinajstić information content (AvgIpc) is 2.61. The Bertz CT molecular complexity index is 730. The van der Waals surface area contributed by atoms with E-state index in [1.54, 1.807) is 23.1 Å². The number of amides is 1. The molecule has 0 aliphatic carbocycles. The summed E-state index contributed by atoms with van der Waals surface area (Å²) in [5.41, 5.74) is -1.23. The lowest BCUT2D eigenvalue weighted by molar-refractivity contribution is -0.152. The van der Waals surface area contributed by atoms with E-state index in [9.17, 15) is 23.5 Å². The lowest BCUT2D eigenvalue weighted by Crippen LogP contribution is -2.61. The molecule has 144 valence electrons. The second-order valence-corrected chi connectivity index (χ2v) is 9.41. The molecule has 2 heterocycles. The molecule has 2 aliphatic rings. The van der Waals surface area contributed by atoms with Crippen LogP contribution in [0.25, 0.3) is 0 Å². The second kappa shape index (κ2) is 7.06. The topological polar surface area (TPSA) is 77.8 Å². The van der Waals surface area contributed by atoms with Gasteiger partial charge in [0.25, 0.3) is 0 Å². The summed E-state index contributed by atoms with van der Waals surface area (Å²) in [6.07, 6.45) is 3.95. The molecule has 0 radical (unpaired) electrons. The second-order valence-electron chi connectivity index (χ2n) is 7.61. The molecule has 2 aliphatic heterocycles. The molecule has 0 bridgehead atoms. The first kappa shape index (κ1) is 19.5. The summed E-state index contributed by atoms with van der Waals surface area (Å²) in [6, 6.07) is 5.83. The van der Waals surface area contributed by atoms with Gasteiger partial charge in [-0.2, -0.15) is 0 Å². The van der Waals surface area contributed by atoms with Gasteiger partial charge in [-0.05, 0) is 50.0 Å². The summed E-state index contributed by atoms with van der Waals surface area (Å²) in [4.78, 5) is 34.4. The van der Waals surface area contributed by atoms with Crippen molar-refractivity contribution in [3.63, 3.8) is 0 Å². The molecule has 3 rings (SSSR count). The Labute approximate surface area is 153 Å². The Kier molecular flexibility index (Phi) is 5.31. The summed E-state index contributed by atoms with van der Waals surface area (Å²) in [6.45, 7) is 4.03. The summed E-state index contributed by atoms with van der Waals surface area (Å²) < 4.78 is 26.5. The van der Waals surface area contributed by atoms with E-state index >= 15 is 0 Å². The first-order valence-electron chi connectivity index (χ1n) is 9.37. The van der Waals surface area contributed by atoms with Crippen molar-refractivity contribution in [1.82, 2.24) is 4.90 Å². The number of carbonyl (C=O) groups is 1. The average molecular weight is 383 g/mol. The maximum absolute atomic E-state index is 14.5. The van der Waals surface area contributed by atoms with E-state index in [1.807, 2.05) is 13.8 Å². The van der Waals surface area contributed by atoms with Crippen molar-refractivity contribution in [2.75, 3.05) is 0 Å². The molecule has 1 amide bonds. The normalized spacial score (nSPS) is 28.7. The zero-order valence-corrected chi connectivity index (χ0v) is 16.2. The number of hydrogen-bond donors (Lipinski definition) is 2. The van der Waals surface area contributed by atoms with Gasteiger partial charge in [0.1, 0.15) is 11.5 Å². The van der Waals surface area contributed by atoms with E-state index in [-0.39, 0.29) is 23.7 Å². The van der Waals surface area contributed by atoms with Crippen molar-refractivity contribution in [1.29, 1.82) is 0 Å². The van der Waals surface area contributed by atoms with E-state index in [4.69, 9.17) is 0 Å². The van der Waals surface area contributed by atoms with Crippen LogP contribution in [0.2, 0.25) is 0 Å². The molecule has 0 aromatic heterocycles. The quantitative estimate of drug-likeness (QED) is 0.771. The summed E-state index contributed by atoms with van der Waals surface area (Å²) in [7, 11) is -4.58. The fourth-order valence-corrected chi connectivity index (χ4v) is 6.03. The highest BCUT2D eigenvalue weighted by molar-refractivity contribution is 7.53. The molecule has 2 N–H and O–H groups in total.